The summed E-state index contributed by atoms with van der Waals surface area (Å²) < 4.78 is 0. The van der Waals surface area contributed by atoms with Crippen LogP contribution in [0.25, 0.3) is 0 Å². The summed E-state index contributed by atoms with van der Waals surface area (Å²) in [4.78, 5) is 2.26. The number of likely N-dealkylation sites (N-methyl/N-ethyl adjacent to an activating group) is 1. The highest BCUT2D eigenvalue weighted by Gasteiger charge is 2.32. The van der Waals surface area contributed by atoms with Crippen LogP contribution in [-0.2, 0) is 6.42 Å². The molecule has 16 heavy (non-hydrogen) atoms. The maximum Gasteiger partial charge on any atom is 0.0595 e. The van der Waals surface area contributed by atoms with E-state index in [2.05, 4.69) is 11.9 Å². The van der Waals surface area contributed by atoms with E-state index in [0.29, 0.717) is 10.0 Å². The number of halogens is 2. The molecule has 0 saturated carbocycles. The highest BCUT2D eigenvalue weighted by atomic mass is 35.5. The van der Waals surface area contributed by atoms with Gasteiger partial charge in [0.05, 0.1) is 10.0 Å². The van der Waals surface area contributed by atoms with Crippen molar-refractivity contribution >= 4 is 23.2 Å². The summed E-state index contributed by atoms with van der Waals surface area (Å²) in [5.74, 6) is 0. The predicted octanol–water partition coefficient (Wildman–Crippen LogP) is 2.57. The minimum atomic E-state index is -0.119. The molecule has 2 nitrogen and oxygen atoms in total. The molecular formula is C12H16Cl2N2. The first-order valence-electron chi connectivity index (χ1n) is 5.40. The number of rotatable bonds is 2. The molecule has 0 spiro atoms. The second-order valence-corrected chi connectivity index (χ2v) is 5.59. The van der Waals surface area contributed by atoms with Crippen molar-refractivity contribution in [2.24, 2.45) is 5.73 Å². The molecule has 4 heteroatoms. The van der Waals surface area contributed by atoms with E-state index in [1.54, 1.807) is 0 Å². The monoisotopic (exact) mass is 258 g/mol. The van der Waals surface area contributed by atoms with Crippen LogP contribution in [0.1, 0.15) is 12.0 Å². The van der Waals surface area contributed by atoms with Crippen molar-refractivity contribution in [3.05, 3.63) is 33.8 Å². The normalized spacial score (nSPS) is 26.2. The van der Waals surface area contributed by atoms with Gasteiger partial charge in [-0.3, -0.25) is 0 Å². The zero-order valence-electron chi connectivity index (χ0n) is 9.34. The number of nitrogens with zero attached hydrogens (tertiary/aromatic N) is 1. The molecule has 1 fully saturated rings. The highest BCUT2D eigenvalue weighted by molar-refractivity contribution is 6.42. The second-order valence-electron chi connectivity index (χ2n) is 4.78. The Balaban J connectivity index is 2.12. The Morgan fingerprint density at radius 3 is 2.69 bits per heavy atom. The third kappa shape index (κ3) is 2.69. The minimum Gasteiger partial charge on any atom is -0.324 e. The molecule has 1 saturated heterocycles. The first-order valence-corrected chi connectivity index (χ1v) is 6.15. The molecule has 1 heterocycles. The Bertz CT molecular complexity index is 395. The third-order valence-corrected chi connectivity index (χ3v) is 3.86. The Hall–Kier alpha value is -0.280. The standard InChI is InChI=1S/C12H16Cl2N2/c1-16-5-4-12(15,8-16)7-9-2-3-10(13)11(14)6-9/h2-3,6H,4-5,7-8,15H2,1H3. The first-order chi connectivity index (χ1) is 7.48. The molecular weight excluding hydrogens is 243 g/mol. The Morgan fingerprint density at radius 2 is 2.12 bits per heavy atom. The maximum atomic E-state index is 6.35. The fourth-order valence-electron chi connectivity index (χ4n) is 2.31. The van der Waals surface area contributed by atoms with Gasteiger partial charge in [0.1, 0.15) is 0 Å². The molecule has 1 unspecified atom stereocenters. The van der Waals surface area contributed by atoms with Crippen molar-refractivity contribution in [3.63, 3.8) is 0 Å². The summed E-state index contributed by atoms with van der Waals surface area (Å²) in [5, 5.41) is 1.20. The van der Waals surface area contributed by atoms with E-state index in [0.717, 1.165) is 31.5 Å². The van der Waals surface area contributed by atoms with Gasteiger partial charge < -0.3 is 10.6 Å². The molecule has 0 aromatic heterocycles. The average Bonchev–Trinajstić information content (AvgIpc) is 2.52. The molecule has 0 bridgehead atoms. The molecule has 0 aliphatic carbocycles. The molecule has 1 aromatic rings. The van der Waals surface area contributed by atoms with E-state index in [1.807, 2.05) is 18.2 Å². The average molecular weight is 259 g/mol. The molecule has 1 atom stereocenters. The number of likely N-dealkylation sites (tertiary alicyclic amines) is 1. The minimum absolute atomic E-state index is 0.119. The summed E-state index contributed by atoms with van der Waals surface area (Å²) in [6.07, 6.45) is 1.89. The second kappa shape index (κ2) is 4.53. The molecule has 2 rings (SSSR count). The van der Waals surface area contributed by atoms with Crippen LogP contribution in [-0.4, -0.2) is 30.6 Å². The lowest BCUT2D eigenvalue weighted by atomic mass is 9.91. The zero-order chi connectivity index (χ0) is 11.8. The van der Waals surface area contributed by atoms with Gasteiger partial charge in [0.15, 0.2) is 0 Å². The SMILES string of the molecule is CN1CCC(N)(Cc2ccc(Cl)c(Cl)c2)C1. The van der Waals surface area contributed by atoms with Crippen molar-refractivity contribution in [3.8, 4) is 0 Å². The predicted molar refractivity (Wildman–Crippen MR) is 69.2 cm³/mol. The van der Waals surface area contributed by atoms with Gasteiger partial charge in [-0.1, -0.05) is 29.3 Å². The number of nitrogens with two attached hydrogens (primary N) is 1. The van der Waals surface area contributed by atoms with E-state index in [9.17, 15) is 0 Å². The third-order valence-electron chi connectivity index (χ3n) is 3.12. The maximum absolute atomic E-state index is 6.35. The van der Waals surface area contributed by atoms with E-state index in [4.69, 9.17) is 28.9 Å². The van der Waals surface area contributed by atoms with Gasteiger partial charge in [-0.05, 0) is 44.1 Å². The molecule has 0 radical (unpaired) electrons. The van der Waals surface area contributed by atoms with Crippen molar-refractivity contribution < 1.29 is 0 Å². The van der Waals surface area contributed by atoms with Gasteiger partial charge in [0.25, 0.3) is 0 Å². The zero-order valence-corrected chi connectivity index (χ0v) is 10.9. The first kappa shape index (κ1) is 12.2. The smallest absolute Gasteiger partial charge is 0.0595 e. The van der Waals surface area contributed by atoms with Crippen LogP contribution >= 0.6 is 23.2 Å². The van der Waals surface area contributed by atoms with Crippen molar-refractivity contribution in [2.75, 3.05) is 20.1 Å². The Kier molecular flexibility index (Phi) is 3.45. The van der Waals surface area contributed by atoms with Gasteiger partial charge in [0, 0.05) is 12.1 Å². The van der Waals surface area contributed by atoms with Gasteiger partial charge >= 0.3 is 0 Å². The summed E-state index contributed by atoms with van der Waals surface area (Å²) in [7, 11) is 2.10. The van der Waals surface area contributed by atoms with Crippen LogP contribution in [0.2, 0.25) is 10.0 Å². The van der Waals surface area contributed by atoms with Crippen molar-refractivity contribution in [1.29, 1.82) is 0 Å². The van der Waals surface area contributed by atoms with Gasteiger partial charge in [-0.15, -0.1) is 0 Å². The van der Waals surface area contributed by atoms with Gasteiger partial charge in [-0.25, -0.2) is 0 Å². The Labute approximate surface area is 106 Å². The van der Waals surface area contributed by atoms with Crippen LogP contribution in [0.5, 0.6) is 0 Å². The van der Waals surface area contributed by atoms with Crippen LogP contribution < -0.4 is 5.73 Å². The topological polar surface area (TPSA) is 29.3 Å². The highest BCUT2D eigenvalue weighted by Crippen LogP contribution is 2.27. The van der Waals surface area contributed by atoms with Crippen molar-refractivity contribution in [2.45, 2.75) is 18.4 Å². The van der Waals surface area contributed by atoms with Crippen LogP contribution in [0.15, 0.2) is 18.2 Å². The number of hydrogen-bond acceptors (Lipinski definition) is 2. The summed E-state index contributed by atoms with van der Waals surface area (Å²) >= 11 is 11.9. The fourth-order valence-corrected chi connectivity index (χ4v) is 2.63. The van der Waals surface area contributed by atoms with E-state index in [-0.39, 0.29) is 5.54 Å². The van der Waals surface area contributed by atoms with E-state index < -0.39 is 0 Å². The molecule has 1 aliphatic heterocycles. The molecule has 1 aliphatic rings. The lowest BCUT2D eigenvalue weighted by Crippen LogP contribution is -2.44. The molecule has 2 N–H and O–H groups in total. The molecule has 88 valence electrons. The van der Waals surface area contributed by atoms with Crippen molar-refractivity contribution in [1.82, 2.24) is 4.90 Å². The van der Waals surface area contributed by atoms with E-state index >= 15 is 0 Å². The summed E-state index contributed by atoms with van der Waals surface area (Å²) in [6.45, 7) is 2.01. The van der Waals surface area contributed by atoms with Crippen LogP contribution in [0, 0.1) is 0 Å². The quantitative estimate of drug-likeness (QED) is 0.884. The van der Waals surface area contributed by atoms with Crippen LogP contribution in [0.3, 0.4) is 0 Å². The summed E-state index contributed by atoms with van der Waals surface area (Å²) in [5.41, 5.74) is 7.39. The number of hydrogen-bond donors (Lipinski definition) is 1. The Morgan fingerprint density at radius 1 is 1.38 bits per heavy atom. The van der Waals surface area contributed by atoms with Crippen LogP contribution in [0.4, 0.5) is 0 Å². The van der Waals surface area contributed by atoms with E-state index in [1.165, 1.54) is 0 Å². The summed E-state index contributed by atoms with van der Waals surface area (Å²) in [6, 6.07) is 5.75. The van der Waals surface area contributed by atoms with Gasteiger partial charge in [-0.2, -0.15) is 0 Å². The van der Waals surface area contributed by atoms with Gasteiger partial charge in [0.2, 0.25) is 0 Å². The molecule has 0 amide bonds. The lowest BCUT2D eigenvalue weighted by molar-refractivity contribution is 0.366. The fraction of sp³-hybridized carbons (Fsp3) is 0.500. The lowest BCUT2D eigenvalue weighted by Gasteiger charge is -2.24. The molecule has 1 aromatic carbocycles. The number of benzene rings is 1. The largest absolute Gasteiger partial charge is 0.324 e.